The average Bonchev–Trinajstić information content (AvgIpc) is 2.73. The molecule has 0 radical (unpaired) electrons. The number of piperazine rings is 1. The number of benzene rings is 2. The summed E-state index contributed by atoms with van der Waals surface area (Å²) in [6.07, 6.45) is 1.59. The zero-order chi connectivity index (χ0) is 20.5. The number of aromatic carboxylic acids is 1. The van der Waals surface area contributed by atoms with Gasteiger partial charge in [0, 0.05) is 48.9 Å². The summed E-state index contributed by atoms with van der Waals surface area (Å²) in [6.45, 7) is 3.16. The Morgan fingerprint density at radius 3 is 2.31 bits per heavy atom. The second kappa shape index (κ2) is 7.52. The van der Waals surface area contributed by atoms with Gasteiger partial charge >= 0.3 is 5.97 Å². The van der Waals surface area contributed by atoms with Gasteiger partial charge in [-0.2, -0.15) is 0 Å². The predicted octanol–water partition coefficient (Wildman–Crippen LogP) is 2.69. The highest BCUT2D eigenvalue weighted by atomic mass is 16.4. The fraction of sp³-hybridized carbons (Fsp3) is 0.227. The van der Waals surface area contributed by atoms with Gasteiger partial charge in [0.05, 0.1) is 5.56 Å². The lowest BCUT2D eigenvalue weighted by Crippen LogP contribution is -2.47. The highest BCUT2D eigenvalue weighted by Crippen LogP contribution is 2.30. The van der Waals surface area contributed by atoms with Crippen LogP contribution in [0.5, 0.6) is 5.75 Å². The second-order valence-electron chi connectivity index (χ2n) is 7.23. The summed E-state index contributed by atoms with van der Waals surface area (Å²) in [5.74, 6) is -1.13. The van der Waals surface area contributed by atoms with Gasteiger partial charge in [-0.3, -0.25) is 9.78 Å². The molecule has 0 bridgehead atoms. The minimum absolute atomic E-state index is 0.0133. The lowest BCUT2D eigenvalue weighted by molar-refractivity contribution is 0.0662. The van der Waals surface area contributed by atoms with E-state index in [-0.39, 0.29) is 22.7 Å². The van der Waals surface area contributed by atoms with E-state index in [9.17, 15) is 19.8 Å². The van der Waals surface area contributed by atoms with Crippen molar-refractivity contribution in [1.29, 1.82) is 0 Å². The van der Waals surface area contributed by atoms with Gasteiger partial charge in [-0.1, -0.05) is 12.1 Å². The van der Waals surface area contributed by atoms with Crippen molar-refractivity contribution in [2.45, 2.75) is 0 Å². The highest BCUT2D eigenvalue weighted by Gasteiger charge is 2.20. The van der Waals surface area contributed by atoms with Crippen LogP contribution in [-0.2, 0) is 0 Å². The van der Waals surface area contributed by atoms with Gasteiger partial charge in [0.1, 0.15) is 11.3 Å². The number of fused-ring (bicyclic) bond motifs is 1. The van der Waals surface area contributed by atoms with Crippen LogP contribution >= 0.6 is 0 Å². The number of aromatic nitrogens is 1. The first-order valence-electron chi connectivity index (χ1n) is 9.37. The smallest absolute Gasteiger partial charge is 0.336 e. The fourth-order valence-corrected chi connectivity index (χ4v) is 3.55. The maximum atomic E-state index is 12.7. The first-order chi connectivity index (χ1) is 13.9. The van der Waals surface area contributed by atoms with Crippen molar-refractivity contribution < 1.29 is 19.8 Å². The number of hydrogen-bond acceptors (Lipinski definition) is 5. The molecule has 2 N–H and O–H groups in total. The van der Waals surface area contributed by atoms with Crippen LogP contribution in [0.4, 0.5) is 0 Å². The summed E-state index contributed by atoms with van der Waals surface area (Å²) in [5.41, 5.74) is 2.47. The molecule has 0 aliphatic carbocycles. The average molecular weight is 391 g/mol. The number of pyridine rings is 1. The number of carboxylic acid groups (broad SMARTS) is 1. The first kappa shape index (κ1) is 18.9. The Bertz CT molecular complexity index is 1090. The van der Waals surface area contributed by atoms with Crippen LogP contribution in [0.3, 0.4) is 0 Å². The Balaban J connectivity index is 1.64. The first-order valence-corrected chi connectivity index (χ1v) is 9.37. The summed E-state index contributed by atoms with van der Waals surface area (Å²) in [6, 6.07) is 11.6. The Hall–Kier alpha value is -3.45. The van der Waals surface area contributed by atoms with E-state index in [0.717, 1.165) is 18.7 Å². The molecule has 0 saturated carbocycles. The van der Waals surface area contributed by atoms with E-state index in [1.807, 2.05) is 24.1 Å². The van der Waals surface area contributed by atoms with Crippen molar-refractivity contribution in [3.05, 3.63) is 59.8 Å². The van der Waals surface area contributed by atoms with E-state index in [1.54, 1.807) is 24.4 Å². The third-order valence-corrected chi connectivity index (χ3v) is 5.31. The number of amides is 1. The number of nitrogens with zero attached hydrogens (tertiary/aromatic N) is 3. The number of aromatic hydroxyl groups is 1. The standard InChI is InChI=1S/C22H21N3O4/c1-24-8-10-25(11-9-24)21(27)15-4-2-14(3-5-15)16-12-18-17(22(28)29)6-7-19(26)20(18)23-13-16/h2-7,12-13,26H,8-11H2,1H3,(H,28,29). The molecule has 4 rings (SSSR count). The van der Waals surface area contributed by atoms with Crippen LogP contribution in [0.25, 0.3) is 22.0 Å². The van der Waals surface area contributed by atoms with Crippen LogP contribution in [0, 0.1) is 0 Å². The highest BCUT2D eigenvalue weighted by molar-refractivity contribution is 6.05. The number of phenols is 1. The molecular weight excluding hydrogens is 370 g/mol. The Morgan fingerprint density at radius 2 is 1.66 bits per heavy atom. The number of likely N-dealkylation sites (N-methyl/N-ethyl adjacent to an activating group) is 1. The van der Waals surface area contributed by atoms with Gasteiger partial charge in [-0.25, -0.2) is 4.79 Å². The number of carbonyl (C=O) groups excluding carboxylic acids is 1. The van der Waals surface area contributed by atoms with Crippen molar-refractivity contribution in [2.24, 2.45) is 0 Å². The number of hydrogen-bond donors (Lipinski definition) is 2. The van der Waals surface area contributed by atoms with Crippen molar-refractivity contribution in [2.75, 3.05) is 33.2 Å². The molecule has 2 heterocycles. The zero-order valence-electron chi connectivity index (χ0n) is 16.0. The molecule has 1 aliphatic rings. The molecule has 0 spiro atoms. The van der Waals surface area contributed by atoms with Gasteiger partial charge in [0.25, 0.3) is 5.91 Å². The van der Waals surface area contributed by atoms with E-state index in [0.29, 0.717) is 29.6 Å². The molecular formula is C22H21N3O4. The van der Waals surface area contributed by atoms with Crippen LogP contribution < -0.4 is 0 Å². The molecule has 7 heteroatoms. The Labute approximate surface area is 167 Å². The minimum Gasteiger partial charge on any atom is -0.506 e. The summed E-state index contributed by atoms with van der Waals surface area (Å²) in [5, 5.41) is 19.8. The molecule has 148 valence electrons. The zero-order valence-corrected chi connectivity index (χ0v) is 16.0. The molecule has 1 aliphatic heterocycles. The predicted molar refractivity (Wildman–Crippen MR) is 109 cm³/mol. The molecule has 1 saturated heterocycles. The molecule has 1 aromatic heterocycles. The van der Waals surface area contributed by atoms with E-state index in [4.69, 9.17) is 0 Å². The Kier molecular flexibility index (Phi) is 4.90. The van der Waals surface area contributed by atoms with E-state index in [2.05, 4.69) is 9.88 Å². The van der Waals surface area contributed by atoms with E-state index >= 15 is 0 Å². The minimum atomic E-state index is -1.08. The SMILES string of the molecule is CN1CCN(C(=O)c2ccc(-c3cnc4c(O)ccc(C(=O)O)c4c3)cc2)CC1. The second-order valence-corrected chi connectivity index (χ2v) is 7.23. The lowest BCUT2D eigenvalue weighted by Gasteiger charge is -2.32. The van der Waals surface area contributed by atoms with E-state index in [1.165, 1.54) is 12.1 Å². The molecule has 29 heavy (non-hydrogen) atoms. The summed E-state index contributed by atoms with van der Waals surface area (Å²) in [4.78, 5) is 32.5. The van der Waals surface area contributed by atoms with E-state index < -0.39 is 5.97 Å². The third kappa shape index (κ3) is 3.64. The van der Waals surface area contributed by atoms with Gasteiger partial charge in [0.15, 0.2) is 0 Å². The summed E-state index contributed by atoms with van der Waals surface area (Å²) >= 11 is 0. The fourth-order valence-electron chi connectivity index (χ4n) is 3.55. The molecule has 2 aromatic carbocycles. The van der Waals surface area contributed by atoms with Gasteiger partial charge in [0.2, 0.25) is 0 Å². The third-order valence-electron chi connectivity index (χ3n) is 5.31. The van der Waals surface area contributed by atoms with Gasteiger partial charge in [-0.15, -0.1) is 0 Å². The number of rotatable bonds is 3. The van der Waals surface area contributed by atoms with Crippen LogP contribution in [-0.4, -0.2) is 70.1 Å². The van der Waals surface area contributed by atoms with Crippen LogP contribution in [0.1, 0.15) is 20.7 Å². The lowest BCUT2D eigenvalue weighted by atomic mass is 10.0. The quantitative estimate of drug-likeness (QED) is 0.713. The molecule has 7 nitrogen and oxygen atoms in total. The monoisotopic (exact) mass is 391 g/mol. The number of carbonyl (C=O) groups is 2. The van der Waals surface area contributed by atoms with Crippen molar-refractivity contribution in [1.82, 2.24) is 14.8 Å². The summed E-state index contributed by atoms with van der Waals surface area (Å²) < 4.78 is 0. The normalized spacial score (nSPS) is 14.9. The number of phenolic OH excluding ortho intramolecular Hbond substituents is 1. The topological polar surface area (TPSA) is 94.0 Å². The molecule has 0 unspecified atom stereocenters. The van der Waals surface area contributed by atoms with Gasteiger partial charge < -0.3 is 20.0 Å². The van der Waals surface area contributed by atoms with Crippen molar-refractivity contribution in [3.63, 3.8) is 0 Å². The van der Waals surface area contributed by atoms with Gasteiger partial charge in [-0.05, 0) is 42.9 Å². The van der Waals surface area contributed by atoms with Crippen LogP contribution in [0.15, 0.2) is 48.7 Å². The van der Waals surface area contributed by atoms with Crippen molar-refractivity contribution in [3.8, 4) is 16.9 Å². The van der Waals surface area contributed by atoms with Crippen LogP contribution in [0.2, 0.25) is 0 Å². The largest absolute Gasteiger partial charge is 0.506 e. The molecule has 0 atom stereocenters. The summed E-state index contributed by atoms with van der Waals surface area (Å²) in [7, 11) is 2.05. The molecule has 1 amide bonds. The number of carboxylic acids is 1. The Morgan fingerprint density at radius 1 is 0.966 bits per heavy atom. The maximum Gasteiger partial charge on any atom is 0.336 e. The maximum absolute atomic E-state index is 12.7. The van der Waals surface area contributed by atoms with Crippen molar-refractivity contribution >= 4 is 22.8 Å². The molecule has 1 fully saturated rings. The molecule has 3 aromatic rings.